The maximum absolute atomic E-state index is 13.2. The lowest BCUT2D eigenvalue weighted by Gasteiger charge is -2.10. The summed E-state index contributed by atoms with van der Waals surface area (Å²) in [5.74, 6) is -7.43. The van der Waals surface area contributed by atoms with E-state index in [1.165, 1.54) is 0 Å². The van der Waals surface area contributed by atoms with Crippen molar-refractivity contribution < 1.29 is 22.0 Å². The van der Waals surface area contributed by atoms with Crippen LogP contribution in [0.5, 0.6) is 0 Å². The highest BCUT2D eigenvalue weighted by Gasteiger charge is 2.25. The number of hydrogen-bond donors (Lipinski definition) is 1. The van der Waals surface area contributed by atoms with Crippen LogP contribution in [-0.4, -0.2) is 6.54 Å². The van der Waals surface area contributed by atoms with E-state index < -0.39 is 34.8 Å². The topological polar surface area (TPSA) is 12.0 Å². The van der Waals surface area contributed by atoms with Gasteiger partial charge in [0.25, 0.3) is 0 Å². The summed E-state index contributed by atoms with van der Waals surface area (Å²) < 4.78 is 64.6. The van der Waals surface area contributed by atoms with Gasteiger partial charge in [0.1, 0.15) is 5.69 Å². The van der Waals surface area contributed by atoms with Gasteiger partial charge in [-0.15, -0.1) is 12.3 Å². The van der Waals surface area contributed by atoms with Gasteiger partial charge in [-0.3, -0.25) is 0 Å². The van der Waals surface area contributed by atoms with Gasteiger partial charge in [0.2, 0.25) is 5.82 Å². The molecule has 0 aromatic heterocycles. The fraction of sp³-hybridized carbons (Fsp3) is 0.333. The zero-order chi connectivity index (χ0) is 13.7. The molecule has 0 aliphatic rings. The fourth-order valence-corrected chi connectivity index (χ4v) is 1.33. The third-order valence-corrected chi connectivity index (χ3v) is 2.26. The number of terminal acetylenes is 1. The van der Waals surface area contributed by atoms with Crippen LogP contribution in [0, 0.1) is 41.4 Å². The van der Waals surface area contributed by atoms with Gasteiger partial charge in [-0.05, 0) is 12.8 Å². The number of anilines is 1. The number of nitrogens with one attached hydrogen (secondary N) is 1. The van der Waals surface area contributed by atoms with Crippen molar-refractivity contribution in [2.75, 3.05) is 11.9 Å². The van der Waals surface area contributed by atoms with Gasteiger partial charge in [-0.2, -0.15) is 0 Å². The molecule has 98 valence electrons. The summed E-state index contributed by atoms with van der Waals surface area (Å²) >= 11 is 0. The van der Waals surface area contributed by atoms with Gasteiger partial charge in [0, 0.05) is 13.0 Å². The van der Waals surface area contributed by atoms with E-state index >= 15 is 0 Å². The quantitative estimate of drug-likeness (QED) is 0.281. The molecule has 0 radical (unpaired) electrons. The van der Waals surface area contributed by atoms with Gasteiger partial charge < -0.3 is 5.32 Å². The number of hydrogen-bond acceptors (Lipinski definition) is 1. The third kappa shape index (κ3) is 2.92. The van der Waals surface area contributed by atoms with Crippen molar-refractivity contribution in [2.45, 2.75) is 19.3 Å². The van der Waals surface area contributed by atoms with Crippen LogP contribution in [0.4, 0.5) is 27.6 Å². The van der Waals surface area contributed by atoms with Gasteiger partial charge in [0.15, 0.2) is 23.3 Å². The van der Waals surface area contributed by atoms with Crippen LogP contribution in [0.25, 0.3) is 0 Å². The maximum atomic E-state index is 13.2. The van der Waals surface area contributed by atoms with E-state index in [-0.39, 0.29) is 6.54 Å². The fourth-order valence-electron chi connectivity index (χ4n) is 1.33. The molecule has 0 aliphatic heterocycles. The lowest BCUT2D eigenvalue weighted by atomic mass is 10.2. The van der Waals surface area contributed by atoms with Gasteiger partial charge >= 0.3 is 0 Å². The Labute approximate surface area is 101 Å². The molecule has 1 N–H and O–H groups in total. The molecule has 0 spiro atoms. The second-order valence-electron chi connectivity index (χ2n) is 3.53. The first-order valence-corrected chi connectivity index (χ1v) is 5.19. The molecule has 1 nitrogen and oxygen atoms in total. The van der Waals surface area contributed by atoms with Crippen molar-refractivity contribution in [2.24, 2.45) is 0 Å². The van der Waals surface area contributed by atoms with E-state index in [0.29, 0.717) is 19.3 Å². The molecule has 0 aliphatic carbocycles. The number of rotatable bonds is 5. The smallest absolute Gasteiger partial charge is 0.200 e. The minimum Gasteiger partial charge on any atom is -0.380 e. The summed E-state index contributed by atoms with van der Waals surface area (Å²) in [4.78, 5) is 0. The first kappa shape index (κ1) is 14.3. The highest BCUT2D eigenvalue weighted by Crippen LogP contribution is 2.26. The molecule has 1 aromatic carbocycles. The Bertz CT molecular complexity index is 449. The van der Waals surface area contributed by atoms with E-state index in [4.69, 9.17) is 6.42 Å². The minimum absolute atomic E-state index is 0.0695. The molecule has 0 amide bonds. The predicted octanol–water partition coefficient (Wildman–Crippen LogP) is 3.60. The number of halogens is 5. The normalized spacial score (nSPS) is 10.2. The predicted molar refractivity (Wildman–Crippen MR) is 57.4 cm³/mol. The average molecular weight is 263 g/mol. The second-order valence-corrected chi connectivity index (χ2v) is 3.53. The molecule has 0 unspecified atom stereocenters. The second kappa shape index (κ2) is 6.24. The van der Waals surface area contributed by atoms with Crippen molar-refractivity contribution in [3.05, 3.63) is 29.1 Å². The lowest BCUT2D eigenvalue weighted by Crippen LogP contribution is -2.10. The Kier molecular flexibility index (Phi) is 4.95. The maximum Gasteiger partial charge on any atom is 0.200 e. The SMILES string of the molecule is C#CCCCCNc1c(F)c(F)c(F)c(F)c1F. The van der Waals surface area contributed by atoms with Crippen molar-refractivity contribution in [1.82, 2.24) is 0 Å². The number of benzene rings is 1. The first-order chi connectivity index (χ1) is 8.50. The molecule has 0 atom stereocenters. The van der Waals surface area contributed by atoms with E-state index in [2.05, 4.69) is 11.2 Å². The van der Waals surface area contributed by atoms with Crippen LogP contribution in [-0.2, 0) is 0 Å². The average Bonchev–Trinajstić information content (AvgIpc) is 2.37. The molecule has 1 aromatic rings. The Balaban J connectivity index is 2.80. The Morgan fingerprint density at radius 1 is 0.833 bits per heavy atom. The molecule has 6 heteroatoms. The van der Waals surface area contributed by atoms with E-state index in [9.17, 15) is 22.0 Å². The highest BCUT2D eigenvalue weighted by atomic mass is 19.2. The van der Waals surface area contributed by atoms with Gasteiger partial charge in [0.05, 0.1) is 0 Å². The van der Waals surface area contributed by atoms with Gasteiger partial charge in [-0.1, -0.05) is 0 Å². The molecule has 0 bridgehead atoms. The van der Waals surface area contributed by atoms with Crippen LogP contribution in [0.15, 0.2) is 0 Å². The zero-order valence-electron chi connectivity index (χ0n) is 9.30. The summed E-state index contributed by atoms with van der Waals surface area (Å²) in [7, 11) is 0. The lowest BCUT2D eigenvalue weighted by molar-refractivity contribution is 0.381. The van der Waals surface area contributed by atoms with Crippen LogP contribution >= 0.6 is 0 Å². The third-order valence-electron chi connectivity index (χ3n) is 2.26. The van der Waals surface area contributed by atoms with E-state index in [1.807, 2.05) is 0 Å². The monoisotopic (exact) mass is 263 g/mol. The van der Waals surface area contributed by atoms with Crippen molar-refractivity contribution in [1.29, 1.82) is 0 Å². The summed E-state index contributed by atoms with van der Waals surface area (Å²) in [5, 5.41) is 2.18. The molecular formula is C12H10F5N. The van der Waals surface area contributed by atoms with Crippen molar-refractivity contribution in [3.63, 3.8) is 0 Å². The molecule has 0 heterocycles. The van der Waals surface area contributed by atoms with E-state index in [0.717, 1.165) is 0 Å². The highest BCUT2D eigenvalue weighted by molar-refractivity contribution is 5.47. The minimum atomic E-state index is -2.16. The van der Waals surface area contributed by atoms with E-state index in [1.54, 1.807) is 0 Å². The molecule has 18 heavy (non-hydrogen) atoms. The summed E-state index contributed by atoms with van der Waals surface area (Å²) in [6, 6.07) is 0. The Morgan fingerprint density at radius 3 is 1.83 bits per heavy atom. The van der Waals surface area contributed by atoms with Crippen LogP contribution in [0.1, 0.15) is 19.3 Å². The molecule has 0 fully saturated rings. The molecule has 1 rings (SSSR count). The molecule has 0 saturated heterocycles. The first-order valence-electron chi connectivity index (χ1n) is 5.19. The number of unbranched alkanes of at least 4 members (excludes halogenated alkanes) is 2. The standard InChI is InChI=1S/C12H10F5N/c1-2-3-4-5-6-18-12-10(16)8(14)7(13)9(15)11(12)17/h1,18H,3-6H2. The van der Waals surface area contributed by atoms with Crippen LogP contribution in [0.3, 0.4) is 0 Å². The summed E-state index contributed by atoms with van der Waals surface area (Å²) in [6.07, 6.45) is 6.54. The van der Waals surface area contributed by atoms with Gasteiger partial charge in [-0.25, -0.2) is 22.0 Å². The summed E-state index contributed by atoms with van der Waals surface area (Å²) in [5.41, 5.74) is -1.01. The largest absolute Gasteiger partial charge is 0.380 e. The molecular weight excluding hydrogens is 253 g/mol. The Hall–Kier alpha value is -1.77. The molecule has 0 saturated carbocycles. The van der Waals surface area contributed by atoms with Crippen molar-refractivity contribution >= 4 is 5.69 Å². The van der Waals surface area contributed by atoms with Crippen LogP contribution < -0.4 is 5.32 Å². The van der Waals surface area contributed by atoms with Crippen molar-refractivity contribution in [3.8, 4) is 12.3 Å². The Morgan fingerprint density at radius 2 is 1.33 bits per heavy atom. The van der Waals surface area contributed by atoms with Crippen LogP contribution in [0.2, 0.25) is 0 Å². The summed E-state index contributed by atoms with van der Waals surface area (Å²) in [6.45, 7) is 0.0695. The zero-order valence-corrected chi connectivity index (χ0v) is 9.30.